The van der Waals surface area contributed by atoms with Gasteiger partial charge in [0.25, 0.3) is 0 Å². The number of nitrogen functional groups attached to an aromatic ring is 1. The van der Waals surface area contributed by atoms with Crippen molar-refractivity contribution in [1.29, 1.82) is 0 Å². The molecule has 3 rings (SSSR count). The van der Waals surface area contributed by atoms with Crippen LogP contribution in [0.5, 0.6) is 0 Å². The molecule has 0 amide bonds. The van der Waals surface area contributed by atoms with Crippen molar-refractivity contribution in [2.75, 3.05) is 5.73 Å². The lowest BCUT2D eigenvalue weighted by molar-refractivity contribution is 0.948. The molecule has 0 saturated carbocycles. The molecule has 68 valence electrons. The second-order valence-electron chi connectivity index (χ2n) is 3.07. The Kier molecular flexibility index (Phi) is 1.25. The van der Waals surface area contributed by atoms with E-state index in [0.717, 1.165) is 16.5 Å². The minimum atomic E-state index is 0.593. The third-order valence-electron chi connectivity index (χ3n) is 2.24. The molecule has 0 aromatic heterocycles. The van der Waals surface area contributed by atoms with Crippen LogP contribution in [0.25, 0.3) is 22.3 Å². The zero-order chi connectivity index (χ0) is 9.54. The van der Waals surface area contributed by atoms with Gasteiger partial charge < -0.3 is 10.7 Å². The van der Waals surface area contributed by atoms with Gasteiger partial charge in [0.05, 0.1) is 0 Å². The molecule has 2 heterocycles. The quantitative estimate of drug-likeness (QED) is 0.548. The predicted octanol–water partition coefficient (Wildman–Crippen LogP) is 1.04. The Morgan fingerprint density at radius 1 is 1.07 bits per heavy atom. The molecule has 5 nitrogen and oxygen atoms in total. The topological polar surface area (TPSA) is 80.5 Å². The van der Waals surface area contributed by atoms with E-state index in [1.807, 2.05) is 24.3 Å². The van der Waals surface area contributed by atoms with Crippen LogP contribution in [0.1, 0.15) is 0 Å². The normalized spacial score (nSPS) is 11.1. The molecule has 5 heteroatoms. The molecule has 0 atom stereocenters. The molecule has 1 aromatic carbocycles. The molecule has 0 fully saturated rings. The molecule has 0 unspecified atom stereocenters. The number of aromatic amines is 1. The van der Waals surface area contributed by atoms with Crippen LogP contribution >= 0.6 is 0 Å². The van der Waals surface area contributed by atoms with Crippen LogP contribution in [0.2, 0.25) is 0 Å². The summed E-state index contributed by atoms with van der Waals surface area (Å²) in [6.07, 6.45) is 0. The number of nitrogens with two attached hydrogens (primary N) is 1. The molecule has 2 aliphatic heterocycles. The maximum Gasteiger partial charge on any atom is 0.184 e. The molecule has 0 aliphatic carbocycles. The van der Waals surface area contributed by atoms with Gasteiger partial charge in [0, 0.05) is 10.8 Å². The first-order valence-corrected chi connectivity index (χ1v) is 4.21. The van der Waals surface area contributed by atoms with Crippen LogP contribution in [0.4, 0.5) is 5.82 Å². The first-order valence-electron chi connectivity index (χ1n) is 4.21. The summed E-state index contributed by atoms with van der Waals surface area (Å²) < 4.78 is 0. The van der Waals surface area contributed by atoms with E-state index in [-0.39, 0.29) is 0 Å². The van der Waals surface area contributed by atoms with Gasteiger partial charge in [-0.15, -0.1) is 10.2 Å². The van der Waals surface area contributed by atoms with E-state index in [9.17, 15) is 0 Å². The third kappa shape index (κ3) is 0.806. The highest BCUT2D eigenvalue weighted by Gasteiger charge is 2.13. The average Bonchev–Trinajstić information content (AvgIpc) is 2.66. The van der Waals surface area contributed by atoms with E-state index in [2.05, 4.69) is 20.4 Å². The lowest BCUT2D eigenvalue weighted by Crippen LogP contribution is -1.96. The summed E-state index contributed by atoms with van der Waals surface area (Å²) in [6.45, 7) is 0. The number of benzene rings is 1. The summed E-state index contributed by atoms with van der Waals surface area (Å²) in [5.41, 5.74) is 6.59. The lowest BCUT2D eigenvalue weighted by atomic mass is 10.1. The standard InChI is InChI=1S/C9H7N5/c10-8-6-4-2-1-3-5(6)7-9(11-8)13-14-12-7/h1-4H,(H3,10,11,12,13,14). The van der Waals surface area contributed by atoms with Crippen LogP contribution in [0.3, 0.4) is 0 Å². The van der Waals surface area contributed by atoms with Gasteiger partial charge >= 0.3 is 0 Å². The molecule has 0 saturated heterocycles. The number of anilines is 1. The summed E-state index contributed by atoms with van der Waals surface area (Å²) in [6, 6.07) is 7.77. The molecular formula is C9H7N5. The zero-order valence-corrected chi connectivity index (χ0v) is 7.23. The van der Waals surface area contributed by atoms with E-state index in [4.69, 9.17) is 5.73 Å². The minimum absolute atomic E-state index is 0.593. The third-order valence-corrected chi connectivity index (χ3v) is 2.24. The van der Waals surface area contributed by atoms with Crippen molar-refractivity contribution in [1.82, 2.24) is 20.4 Å². The van der Waals surface area contributed by atoms with Crippen LogP contribution in [0.15, 0.2) is 24.3 Å². The minimum Gasteiger partial charge on any atom is -0.385 e. The van der Waals surface area contributed by atoms with E-state index >= 15 is 0 Å². The lowest BCUT2D eigenvalue weighted by Gasteiger charge is -2.04. The first-order chi connectivity index (χ1) is 6.86. The monoisotopic (exact) mass is 185 g/mol. The second kappa shape index (κ2) is 2.41. The highest BCUT2D eigenvalue weighted by atomic mass is 15.4. The Morgan fingerprint density at radius 3 is 2.71 bits per heavy atom. The van der Waals surface area contributed by atoms with Gasteiger partial charge in [0.1, 0.15) is 11.5 Å². The van der Waals surface area contributed by atoms with Crippen LogP contribution in [0, 0.1) is 0 Å². The molecule has 0 spiro atoms. The number of rotatable bonds is 0. The molecule has 1 aromatic rings. The van der Waals surface area contributed by atoms with Gasteiger partial charge in [-0.2, -0.15) is 0 Å². The smallest absolute Gasteiger partial charge is 0.184 e. The van der Waals surface area contributed by atoms with E-state index in [1.54, 1.807) is 0 Å². The Morgan fingerprint density at radius 2 is 1.86 bits per heavy atom. The number of nitrogens with one attached hydrogen (secondary N) is 1. The fourth-order valence-electron chi connectivity index (χ4n) is 1.59. The first kappa shape index (κ1) is 7.25. The Bertz CT molecular complexity index is 571. The maximum absolute atomic E-state index is 5.83. The number of H-pyrrole nitrogens is 1. The van der Waals surface area contributed by atoms with Crippen molar-refractivity contribution >= 4 is 16.6 Å². The van der Waals surface area contributed by atoms with Crippen molar-refractivity contribution in [3.05, 3.63) is 24.3 Å². The number of pyridine rings is 1. The second-order valence-corrected chi connectivity index (χ2v) is 3.07. The summed E-state index contributed by atoms with van der Waals surface area (Å²) in [4.78, 5) is 2.95. The van der Waals surface area contributed by atoms with Gasteiger partial charge in [0.2, 0.25) is 0 Å². The molecule has 2 aliphatic rings. The van der Waals surface area contributed by atoms with Crippen LogP contribution in [-0.2, 0) is 0 Å². The van der Waals surface area contributed by atoms with Crippen molar-refractivity contribution < 1.29 is 0 Å². The van der Waals surface area contributed by atoms with Gasteiger partial charge in [-0.25, -0.2) is 0 Å². The SMILES string of the molecule is Nc1[nH]c2nnnc-2c2ccccc12. The molecule has 0 radical (unpaired) electrons. The van der Waals surface area contributed by atoms with E-state index in [1.165, 1.54) is 0 Å². The Hall–Kier alpha value is -2.17. The van der Waals surface area contributed by atoms with Gasteiger partial charge in [-0.05, 0) is 5.21 Å². The van der Waals surface area contributed by atoms with Gasteiger partial charge in [-0.3, -0.25) is 0 Å². The average molecular weight is 185 g/mol. The van der Waals surface area contributed by atoms with Crippen molar-refractivity contribution in [2.45, 2.75) is 0 Å². The fraction of sp³-hybridized carbons (Fsp3) is 0. The fourth-order valence-corrected chi connectivity index (χ4v) is 1.59. The molecule has 0 bridgehead atoms. The predicted molar refractivity (Wildman–Crippen MR) is 52.7 cm³/mol. The van der Waals surface area contributed by atoms with E-state index < -0.39 is 0 Å². The Balaban J connectivity index is 2.60. The van der Waals surface area contributed by atoms with E-state index in [0.29, 0.717) is 11.6 Å². The summed E-state index contributed by atoms with van der Waals surface area (Å²) in [5, 5.41) is 13.3. The van der Waals surface area contributed by atoms with Crippen molar-refractivity contribution in [3.63, 3.8) is 0 Å². The highest BCUT2D eigenvalue weighted by molar-refractivity contribution is 5.99. The van der Waals surface area contributed by atoms with Crippen molar-refractivity contribution in [3.8, 4) is 11.5 Å². The summed E-state index contributed by atoms with van der Waals surface area (Å²) >= 11 is 0. The van der Waals surface area contributed by atoms with Gasteiger partial charge in [0.15, 0.2) is 5.82 Å². The zero-order valence-electron chi connectivity index (χ0n) is 7.23. The van der Waals surface area contributed by atoms with Gasteiger partial charge in [-0.1, -0.05) is 24.3 Å². The number of nitrogens with zero attached hydrogens (tertiary/aromatic N) is 3. The molecule has 14 heavy (non-hydrogen) atoms. The van der Waals surface area contributed by atoms with Crippen LogP contribution in [-0.4, -0.2) is 20.4 Å². The number of hydrogen-bond acceptors (Lipinski definition) is 4. The summed E-state index contributed by atoms with van der Waals surface area (Å²) in [5.74, 6) is 1.22. The highest BCUT2D eigenvalue weighted by Crippen LogP contribution is 2.28. The molecule has 3 N–H and O–H groups in total. The number of fused-ring (bicyclic) bond motifs is 3. The Labute approximate surface area is 79.3 Å². The molecular weight excluding hydrogens is 178 g/mol. The maximum atomic E-state index is 5.83. The van der Waals surface area contributed by atoms with Crippen LogP contribution < -0.4 is 5.73 Å². The number of aromatic nitrogens is 4. The summed E-state index contributed by atoms with van der Waals surface area (Å²) in [7, 11) is 0. The van der Waals surface area contributed by atoms with Crippen molar-refractivity contribution in [2.24, 2.45) is 0 Å². The largest absolute Gasteiger partial charge is 0.385 e. The number of hydrogen-bond donors (Lipinski definition) is 2.